The fourth-order valence-corrected chi connectivity index (χ4v) is 0.887. The van der Waals surface area contributed by atoms with Crippen LogP contribution in [0.2, 0.25) is 0 Å². The second kappa shape index (κ2) is 4.68. The molecule has 0 unspecified atom stereocenters. The van der Waals surface area contributed by atoms with Crippen molar-refractivity contribution in [3.63, 3.8) is 0 Å². The van der Waals surface area contributed by atoms with Gasteiger partial charge in [-0.1, -0.05) is 15.9 Å². The van der Waals surface area contributed by atoms with Crippen molar-refractivity contribution in [3.8, 4) is 0 Å². The second-order valence-corrected chi connectivity index (χ2v) is 2.32. The molecule has 1 heterocycles. The molecule has 10 heavy (non-hydrogen) atoms. The van der Waals surface area contributed by atoms with Gasteiger partial charge in [-0.15, -0.1) is 17.0 Å². The van der Waals surface area contributed by atoms with Gasteiger partial charge in [-0.05, 0) is 11.6 Å². The van der Waals surface area contributed by atoms with Gasteiger partial charge in [0.1, 0.15) is 0 Å². The third-order valence-electron chi connectivity index (χ3n) is 0.970. The molecule has 0 amide bonds. The van der Waals surface area contributed by atoms with Crippen molar-refractivity contribution in [1.82, 2.24) is 4.98 Å². The van der Waals surface area contributed by atoms with Crippen molar-refractivity contribution < 1.29 is 0 Å². The van der Waals surface area contributed by atoms with Crippen LogP contribution >= 0.6 is 32.9 Å². The van der Waals surface area contributed by atoms with Gasteiger partial charge in [0.25, 0.3) is 0 Å². The van der Waals surface area contributed by atoms with E-state index in [2.05, 4.69) is 20.9 Å². The van der Waals surface area contributed by atoms with Crippen LogP contribution in [-0.4, -0.2) is 4.98 Å². The number of nitrogens with two attached hydrogens (primary N) is 1. The molecule has 0 radical (unpaired) electrons. The van der Waals surface area contributed by atoms with Crippen LogP contribution in [0.1, 0.15) is 5.56 Å². The van der Waals surface area contributed by atoms with E-state index in [0.29, 0.717) is 5.69 Å². The first-order valence-electron chi connectivity index (χ1n) is 2.58. The van der Waals surface area contributed by atoms with Crippen LogP contribution in [0.5, 0.6) is 0 Å². The topological polar surface area (TPSA) is 38.9 Å². The number of rotatable bonds is 1. The monoisotopic (exact) mass is 266 g/mol. The first-order chi connectivity index (χ1) is 4.33. The van der Waals surface area contributed by atoms with Crippen molar-refractivity contribution in [2.24, 2.45) is 0 Å². The van der Waals surface area contributed by atoms with E-state index < -0.39 is 0 Å². The third-order valence-corrected chi connectivity index (χ3v) is 1.62. The summed E-state index contributed by atoms with van der Waals surface area (Å²) >= 11 is 3.30. The Kier molecular flexibility index (Phi) is 4.64. The van der Waals surface area contributed by atoms with Gasteiger partial charge in [-0.3, -0.25) is 4.98 Å². The molecule has 2 nitrogen and oxygen atoms in total. The van der Waals surface area contributed by atoms with E-state index in [1.807, 2.05) is 6.07 Å². The Balaban J connectivity index is 0.000000810. The van der Waals surface area contributed by atoms with Gasteiger partial charge in [0.15, 0.2) is 0 Å². The highest BCUT2D eigenvalue weighted by molar-refractivity contribution is 9.08. The lowest BCUT2D eigenvalue weighted by Crippen LogP contribution is -1.87. The lowest BCUT2D eigenvalue weighted by atomic mass is 10.3. The van der Waals surface area contributed by atoms with Crippen LogP contribution in [0.25, 0.3) is 0 Å². The smallest absolute Gasteiger partial charge is 0.0503 e. The van der Waals surface area contributed by atoms with Crippen LogP contribution in [0.3, 0.4) is 0 Å². The highest BCUT2D eigenvalue weighted by atomic mass is 79.9. The zero-order chi connectivity index (χ0) is 6.69. The van der Waals surface area contributed by atoms with E-state index in [9.17, 15) is 0 Å². The maximum atomic E-state index is 5.45. The van der Waals surface area contributed by atoms with E-state index in [1.165, 1.54) is 0 Å². The van der Waals surface area contributed by atoms with Crippen LogP contribution in [0, 0.1) is 0 Å². The van der Waals surface area contributed by atoms with Gasteiger partial charge in [0.05, 0.1) is 5.69 Å². The number of alkyl halides is 1. The first-order valence-corrected chi connectivity index (χ1v) is 3.70. The minimum atomic E-state index is 0. The Bertz CT molecular complexity index is 203. The summed E-state index contributed by atoms with van der Waals surface area (Å²) in [4.78, 5) is 3.90. The van der Waals surface area contributed by atoms with Crippen LogP contribution in [-0.2, 0) is 5.33 Å². The molecule has 0 saturated heterocycles. The lowest BCUT2D eigenvalue weighted by molar-refractivity contribution is 1.26. The van der Waals surface area contributed by atoms with Crippen molar-refractivity contribution in [2.75, 3.05) is 5.73 Å². The average Bonchev–Trinajstić information content (AvgIpc) is 1.88. The molecule has 0 aliphatic rings. The van der Waals surface area contributed by atoms with Crippen LogP contribution < -0.4 is 5.73 Å². The van der Waals surface area contributed by atoms with Crippen molar-refractivity contribution >= 4 is 38.6 Å². The number of hydrogen-bond acceptors (Lipinski definition) is 2. The number of nitrogen functional groups attached to an aromatic ring is 1. The molecule has 1 aromatic heterocycles. The maximum absolute atomic E-state index is 5.45. The summed E-state index contributed by atoms with van der Waals surface area (Å²) in [6.07, 6.45) is 3.41. The van der Waals surface area contributed by atoms with Gasteiger partial charge in [-0.25, -0.2) is 0 Å². The number of anilines is 1. The molecule has 0 spiro atoms. The zero-order valence-corrected chi connectivity index (χ0v) is 8.55. The first kappa shape index (κ1) is 9.91. The van der Waals surface area contributed by atoms with E-state index in [0.717, 1.165) is 10.9 Å². The van der Waals surface area contributed by atoms with Crippen molar-refractivity contribution in [2.45, 2.75) is 5.33 Å². The Hall–Kier alpha value is -0.0900. The van der Waals surface area contributed by atoms with Crippen molar-refractivity contribution in [3.05, 3.63) is 24.0 Å². The summed E-state index contributed by atoms with van der Waals surface area (Å²) in [5.41, 5.74) is 7.27. The van der Waals surface area contributed by atoms with Crippen LogP contribution in [0.4, 0.5) is 5.69 Å². The molecule has 0 atom stereocenters. The minimum Gasteiger partial charge on any atom is -0.397 e. The van der Waals surface area contributed by atoms with Crippen molar-refractivity contribution in [1.29, 1.82) is 0 Å². The SMILES string of the molecule is Br.Nc1cncc(CBr)c1. The molecule has 0 bridgehead atoms. The molecule has 1 rings (SSSR count). The fraction of sp³-hybridized carbons (Fsp3) is 0.167. The second-order valence-electron chi connectivity index (χ2n) is 1.76. The number of pyridine rings is 1. The summed E-state index contributed by atoms with van der Waals surface area (Å²) in [6.45, 7) is 0. The molecule has 0 aromatic carbocycles. The van der Waals surface area contributed by atoms with Gasteiger partial charge < -0.3 is 5.73 Å². The molecular weight excluding hydrogens is 260 g/mol. The van der Waals surface area contributed by atoms with Gasteiger partial charge in [-0.2, -0.15) is 0 Å². The Morgan fingerprint density at radius 3 is 2.60 bits per heavy atom. The maximum Gasteiger partial charge on any atom is 0.0503 e. The summed E-state index contributed by atoms with van der Waals surface area (Å²) in [6, 6.07) is 1.89. The van der Waals surface area contributed by atoms with Gasteiger partial charge in [0, 0.05) is 17.7 Å². The lowest BCUT2D eigenvalue weighted by Gasteiger charge is -1.93. The standard InChI is InChI=1S/C6H7BrN2.BrH/c7-2-5-1-6(8)4-9-3-5;/h1,3-4H,2,8H2;1H. The zero-order valence-electron chi connectivity index (χ0n) is 5.25. The fourth-order valence-electron chi connectivity index (χ4n) is 0.581. The normalized spacial score (nSPS) is 8.50. The minimum absolute atomic E-state index is 0. The molecular formula is C6H8Br2N2. The summed E-state index contributed by atoms with van der Waals surface area (Å²) in [5, 5.41) is 0.811. The predicted molar refractivity (Wildman–Crippen MR) is 51.6 cm³/mol. The Morgan fingerprint density at radius 2 is 2.20 bits per heavy atom. The Labute approximate surface area is 78.7 Å². The summed E-state index contributed by atoms with van der Waals surface area (Å²) in [5.74, 6) is 0. The highest BCUT2D eigenvalue weighted by Crippen LogP contribution is 2.06. The molecule has 2 N–H and O–H groups in total. The number of nitrogens with zero attached hydrogens (tertiary/aromatic N) is 1. The highest BCUT2D eigenvalue weighted by Gasteiger charge is 1.88. The number of aromatic nitrogens is 1. The third kappa shape index (κ3) is 2.66. The summed E-state index contributed by atoms with van der Waals surface area (Å²) in [7, 11) is 0. The quantitative estimate of drug-likeness (QED) is 0.792. The van der Waals surface area contributed by atoms with Gasteiger partial charge >= 0.3 is 0 Å². The summed E-state index contributed by atoms with van der Waals surface area (Å²) < 4.78 is 0. The average molecular weight is 268 g/mol. The molecule has 56 valence electrons. The Morgan fingerprint density at radius 1 is 1.50 bits per heavy atom. The van der Waals surface area contributed by atoms with Gasteiger partial charge in [0.2, 0.25) is 0 Å². The molecule has 1 aromatic rings. The number of hydrogen-bond donors (Lipinski definition) is 1. The van der Waals surface area contributed by atoms with Crippen LogP contribution in [0.15, 0.2) is 18.5 Å². The van der Waals surface area contributed by atoms with E-state index >= 15 is 0 Å². The van der Waals surface area contributed by atoms with E-state index in [1.54, 1.807) is 12.4 Å². The van der Waals surface area contributed by atoms with E-state index in [-0.39, 0.29) is 17.0 Å². The molecule has 0 fully saturated rings. The molecule has 0 saturated carbocycles. The van der Waals surface area contributed by atoms with E-state index in [4.69, 9.17) is 5.73 Å². The molecule has 4 heteroatoms. The molecule has 0 aliphatic carbocycles. The largest absolute Gasteiger partial charge is 0.397 e. The molecule has 0 aliphatic heterocycles. The number of halogens is 2. The predicted octanol–water partition coefficient (Wildman–Crippen LogP) is 2.14.